The first-order chi connectivity index (χ1) is 10.1. The summed E-state index contributed by atoms with van der Waals surface area (Å²) in [7, 11) is 2.14. The molecule has 0 aromatic heterocycles. The highest BCUT2D eigenvalue weighted by atomic mass is 16.5. The molecule has 3 atom stereocenters. The van der Waals surface area contributed by atoms with Gasteiger partial charge in [0, 0.05) is 18.7 Å². The highest BCUT2D eigenvalue weighted by Crippen LogP contribution is 2.41. The fraction of sp³-hybridized carbons (Fsp3) is 0.938. The number of aliphatic carboxylic acids is 1. The Bertz CT molecular complexity index is 380. The molecule has 2 N–H and O–H groups in total. The number of ether oxygens (including phenoxy) is 1. The summed E-state index contributed by atoms with van der Waals surface area (Å²) in [6.45, 7) is 2.66. The van der Waals surface area contributed by atoms with E-state index in [1.54, 1.807) is 0 Å². The van der Waals surface area contributed by atoms with Gasteiger partial charge in [0.15, 0.2) is 0 Å². The van der Waals surface area contributed by atoms with Gasteiger partial charge in [0.1, 0.15) is 5.54 Å². The first-order valence-electron chi connectivity index (χ1n) is 8.41. The Labute approximate surface area is 127 Å². The van der Waals surface area contributed by atoms with E-state index < -0.39 is 11.5 Å². The van der Waals surface area contributed by atoms with Crippen LogP contribution >= 0.6 is 0 Å². The van der Waals surface area contributed by atoms with Gasteiger partial charge in [0.25, 0.3) is 0 Å². The summed E-state index contributed by atoms with van der Waals surface area (Å²) in [6.07, 6.45) is 7.22. The van der Waals surface area contributed by atoms with Crippen LogP contribution in [0, 0.1) is 5.92 Å². The summed E-state index contributed by atoms with van der Waals surface area (Å²) in [5.74, 6) is -0.371. The van der Waals surface area contributed by atoms with Gasteiger partial charge in [-0.05, 0) is 58.0 Å². The number of likely N-dealkylation sites (N-methyl/N-ethyl adjacent to an activating group) is 1. The van der Waals surface area contributed by atoms with Crippen LogP contribution < -0.4 is 5.32 Å². The van der Waals surface area contributed by atoms with Crippen molar-refractivity contribution in [1.82, 2.24) is 10.2 Å². The minimum atomic E-state index is -0.659. The zero-order valence-corrected chi connectivity index (χ0v) is 13.0. The fourth-order valence-corrected chi connectivity index (χ4v) is 4.01. The lowest BCUT2D eigenvalue weighted by Crippen LogP contribution is -2.56. The van der Waals surface area contributed by atoms with Crippen LogP contribution in [0.4, 0.5) is 0 Å². The number of carboxylic acid groups (broad SMARTS) is 1. The van der Waals surface area contributed by atoms with Gasteiger partial charge in [-0.25, -0.2) is 0 Å². The lowest BCUT2D eigenvalue weighted by atomic mass is 9.84. The molecule has 2 aliphatic carbocycles. The van der Waals surface area contributed by atoms with E-state index >= 15 is 0 Å². The van der Waals surface area contributed by atoms with Crippen LogP contribution in [-0.4, -0.2) is 60.4 Å². The van der Waals surface area contributed by atoms with E-state index in [1.165, 1.54) is 0 Å². The van der Waals surface area contributed by atoms with Crippen molar-refractivity contribution in [2.45, 2.75) is 62.6 Å². The summed E-state index contributed by atoms with van der Waals surface area (Å²) in [4.78, 5) is 14.3. The topological polar surface area (TPSA) is 61.8 Å². The molecule has 21 heavy (non-hydrogen) atoms. The molecule has 0 aromatic rings. The summed E-state index contributed by atoms with van der Waals surface area (Å²) in [6, 6.07) is 0.963. The summed E-state index contributed by atoms with van der Waals surface area (Å²) >= 11 is 0. The predicted molar refractivity (Wildman–Crippen MR) is 80.3 cm³/mol. The molecule has 0 aromatic carbocycles. The first-order valence-corrected chi connectivity index (χ1v) is 8.41. The molecule has 3 rings (SSSR count). The molecule has 1 saturated heterocycles. The van der Waals surface area contributed by atoms with Gasteiger partial charge in [-0.2, -0.15) is 0 Å². The number of nitrogens with zero attached hydrogens (tertiary/aromatic N) is 1. The number of hydrogen-bond acceptors (Lipinski definition) is 4. The molecule has 0 radical (unpaired) electrons. The molecule has 1 aliphatic heterocycles. The van der Waals surface area contributed by atoms with Crippen molar-refractivity contribution in [2.75, 3.05) is 26.8 Å². The number of nitrogens with one attached hydrogen (secondary N) is 1. The second kappa shape index (κ2) is 6.23. The zero-order chi connectivity index (χ0) is 14.9. The van der Waals surface area contributed by atoms with Crippen LogP contribution in [0.5, 0.6) is 0 Å². The SMILES string of the molecule is CN(CCC1CCCC1(NC1CC1)C(=O)O)C1CCOC1. The molecule has 3 fully saturated rings. The van der Waals surface area contributed by atoms with Gasteiger partial charge in [-0.1, -0.05) is 6.42 Å². The van der Waals surface area contributed by atoms with Gasteiger partial charge in [-0.3, -0.25) is 10.1 Å². The zero-order valence-electron chi connectivity index (χ0n) is 13.0. The van der Waals surface area contributed by atoms with E-state index in [0.29, 0.717) is 12.1 Å². The molecule has 0 bridgehead atoms. The molecular weight excluding hydrogens is 268 g/mol. The van der Waals surface area contributed by atoms with Crippen molar-refractivity contribution < 1.29 is 14.6 Å². The molecule has 1 heterocycles. The van der Waals surface area contributed by atoms with Crippen LogP contribution in [0.15, 0.2) is 0 Å². The van der Waals surface area contributed by atoms with Crippen molar-refractivity contribution in [1.29, 1.82) is 0 Å². The Morgan fingerprint density at radius 3 is 2.81 bits per heavy atom. The van der Waals surface area contributed by atoms with Crippen LogP contribution in [-0.2, 0) is 9.53 Å². The standard InChI is InChI=1S/C16H28N2O3/c1-18(14-7-10-21-11-14)9-6-12-3-2-8-16(12,15(19)20)17-13-4-5-13/h12-14,17H,2-11H2,1H3,(H,19,20). The third-order valence-corrected chi connectivity index (χ3v) is 5.60. The molecule has 5 heteroatoms. The molecule has 2 saturated carbocycles. The van der Waals surface area contributed by atoms with Gasteiger partial charge in [0.2, 0.25) is 0 Å². The van der Waals surface area contributed by atoms with Gasteiger partial charge >= 0.3 is 5.97 Å². The molecule has 0 spiro atoms. The van der Waals surface area contributed by atoms with Gasteiger partial charge < -0.3 is 14.7 Å². The summed E-state index contributed by atoms with van der Waals surface area (Å²) in [5, 5.41) is 13.3. The maximum Gasteiger partial charge on any atom is 0.324 e. The van der Waals surface area contributed by atoms with Crippen LogP contribution in [0.25, 0.3) is 0 Å². The smallest absolute Gasteiger partial charge is 0.324 e. The second-order valence-electron chi connectivity index (χ2n) is 7.07. The second-order valence-corrected chi connectivity index (χ2v) is 7.07. The average Bonchev–Trinajstić information content (AvgIpc) is 2.95. The molecule has 120 valence electrons. The monoisotopic (exact) mass is 296 g/mol. The van der Waals surface area contributed by atoms with E-state index in [2.05, 4.69) is 17.3 Å². The van der Waals surface area contributed by atoms with Crippen molar-refractivity contribution in [2.24, 2.45) is 5.92 Å². The first kappa shape index (κ1) is 15.3. The molecule has 3 aliphatic rings. The molecule has 3 unspecified atom stereocenters. The van der Waals surface area contributed by atoms with E-state index in [-0.39, 0.29) is 5.92 Å². The third kappa shape index (κ3) is 3.25. The predicted octanol–water partition coefficient (Wildman–Crippen LogP) is 1.47. The fourth-order valence-electron chi connectivity index (χ4n) is 4.01. The van der Waals surface area contributed by atoms with E-state index in [4.69, 9.17) is 4.74 Å². The van der Waals surface area contributed by atoms with Crippen molar-refractivity contribution in [3.63, 3.8) is 0 Å². The summed E-state index contributed by atoms with van der Waals surface area (Å²) in [5.41, 5.74) is -0.659. The largest absolute Gasteiger partial charge is 0.480 e. The Kier molecular flexibility index (Phi) is 4.52. The Morgan fingerprint density at radius 2 is 2.19 bits per heavy atom. The number of rotatable bonds is 7. The molecular formula is C16H28N2O3. The normalized spacial score (nSPS) is 36.5. The highest BCUT2D eigenvalue weighted by molar-refractivity contribution is 5.80. The van der Waals surface area contributed by atoms with Crippen molar-refractivity contribution in [3.05, 3.63) is 0 Å². The lowest BCUT2D eigenvalue weighted by Gasteiger charge is -2.34. The maximum atomic E-state index is 11.9. The quantitative estimate of drug-likeness (QED) is 0.745. The highest BCUT2D eigenvalue weighted by Gasteiger charge is 2.51. The molecule has 0 amide bonds. The Hall–Kier alpha value is -0.650. The number of carbonyl (C=O) groups is 1. The van der Waals surface area contributed by atoms with Gasteiger partial charge in [0.05, 0.1) is 6.61 Å². The lowest BCUT2D eigenvalue weighted by molar-refractivity contribution is -0.147. The van der Waals surface area contributed by atoms with Crippen molar-refractivity contribution >= 4 is 5.97 Å². The van der Waals surface area contributed by atoms with E-state index in [9.17, 15) is 9.90 Å². The average molecular weight is 296 g/mol. The maximum absolute atomic E-state index is 11.9. The van der Waals surface area contributed by atoms with Crippen molar-refractivity contribution in [3.8, 4) is 0 Å². The van der Waals surface area contributed by atoms with E-state index in [0.717, 1.165) is 64.7 Å². The van der Waals surface area contributed by atoms with Crippen LogP contribution in [0.2, 0.25) is 0 Å². The minimum absolute atomic E-state index is 0.264. The number of carboxylic acids is 1. The number of hydrogen-bond donors (Lipinski definition) is 2. The molecule has 5 nitrogen and oxygen atoms in total. The third-order valence-electron chi connectivity index (χ3n) is 5.60. The minimum Gasteiger partial charge on any atom is -0.480 e. The van der Waals surface area contributed by atoms with Crippen LogP contribution in [0.1, 0.15) is 44.9 Å². The Morgan fingerprint density at radius 1 is 1.38 bits per heavy atom. The van der Waals surface area contributed by atoms with Crippen LogP contribution in [0.3, 0.4) is 0 Å². The van der Waals surface area contributed by atoms with E-state index in [1.807, 2.05) is 0 Å². The summed E-state index contributed by atoms with van der Waals surface area (Å²) < 4.78 is 5.44. The van der Waals surface area contributed by atoms with Gasteiger partial charge in [-0.15, -0.1) is 0 Å². The Balaban J connectivity index is 1.58.